The third-order valence-electron chi connectivity index (χ3n) is 4.87. The highest BCUT2D eigenvalue weighted by Gasteiger charge is 2.13. The lowest BCUT2D eigenvalue weighted by atomic mass is 10.1. The fraction of sp³-hybridized carbons (Fsp3) is 0.381. The molecule has 5 heteroatoms. The second-order valence-electron chi connectivity index (χ2n) is 6.72. The third kappa shape index (κ3) is 3.80. The van der Waals surface area contributed by atoms with Crippen LogP contribution in [0.15, 0.2) is 56.6 Å². The van der Waals surface area contributed by atoms with E-state index in [2.05, 4.69) is 4.90 Å². The SMILES string of the molecule is O=c1c2ccccc2oc2cccc(SOCCCN3CCCCC3)c12. The van der Waals surface area contributed by atoms with Gasteiger partial charge < -0.3 is 13.5 Å². The predicted octanol–water partition coefficient (Wildman–Crippen LogP) is 4.85. The van der Waals surface area contributed by atoms with Gasteiger partial charge in [-0.05, 0) is 56.6 Å². The van der Waals surface area contributed by atoms with Gasteiger partial charge in [0.25, 0.3) is 0 Å². The molecule has 0 radical (unpaired) electrons. The highest BCUT2D eigenvalue weighted by atomic mass is 32.2. The Bertz CT molecular complexity index is 947. The van der Waals surface area contributed by atoms with Gasteiger partial charge in [-0.3, -0.25) is 4.79 Å². The molecule has 1 aromatic heterocycles. The highest BCUT2D eigenvalue weighted by molar-refractivity contribution is 7.95. The zero-order chi connectivity index (χ0) is 17.8. The largest absolute Gasteiger partial charge is 0.456 e. The van der Waals surface area contributed by atoms with E-state index in [1.165, 1.54) is 44.4 Å². The maximum absolute atomic E-state index is 12.9. The van der Waals surface area contributed by atoms with Crippen LogP contribution in [-0.2, 0) is 4.18 Å². The zero-order valence-electron chi connectivity index (χ0n) is 14.8. The minimum absolute atomic E-state index is 0.00173. The summed E-state index contributed by atoms with van der Waals surface area (Å²) in [4.78, 5) is 16.2. The number of hydrogen-bond donors (Lipinski definition) is 0. The van der Waals surface area contributed by atoms with Crippen LogP contribution in [0.2, 0.25) is 0 Å². The van der Waals surface area contributed by atoms with E-state index < -0.39 is 0 Å². The first kappa shape index (κ1) is 17.6. The molecule has 0 N–H and O–H groups in total. The fourth-order valence-corrected chi connectivity index (χ4v) is 4.26. The molecule has 136 valence electrons. The Morgan fingerprint density at radius 3 is 2.69 bits per heavy atom. The predicted molar refractivity (Wildman–Crippen MR) is 107 cm³/mol. The molecule has 4 nitrogen and oxygen atoms in total. The molecular weight excluding hydrogens is 346 g/mol. The van der Waals surface area contributed by atoms with Gasteiger partial charge in [-0.2, -0.15) is 0 Å². The van der Waals surface area contributed by atoms with Gasteiger partial charge in [0.2, 0.25) is 5.43 Å². The van der Waals surface area contributed by atoms with E-state index >= 15 is 0 Å². The average molecular weight is 369 g/mol. The molecule has 1 aliphatic rings. The molecule has 1 fully saturated rings. The van der Waals surface area contributed by atoms with E-state index in [1.807, 2.05) is 42.5 Å². The molecule has 0 atom stereocenters. The fourth-order valence-electron chi connectivity index (χ4n) is 3.52. The van der Waals surface area contributed by atoms with Crippen molar-refractivity contribution in [2.24, 2.45) is 0 Å². The lowest BCUT2D eigenvalue weighted by molar-refractivity contribution is 0.211. The van der Waals surface area contributed by atoms with Crippen LogP contribution in [0.3, 0.4) is 0 Å². The van der Waals surface area contributed by atoms with Crippen molar-refractivity contribution < 1.29 is 8.60 Å². The van der Waals surface area contributed by atoms with Crippen LogP contribution in [0.4, 0.5) is 0 Å². The van der Waals surface area contributed by atoms with Crippen molar-refractivity contribution >= 4 is 34.0 Å². The van der Waals surface area contributed by atoms with Crippen LogP contribution in [0.5, 0.6) is 0 Å². The topological polar surface area (TPSA) is 42.7 Å². The van der Waals surface area contributed by atoms with Gasteiger partial charge in [-0.15, -0.1) is 0 Å². The van der Waals surface area contributed by atoms with Crippen LogP contribution >= 0.6 is 12.0 Å². The number of rotatable bonds is 6. The normalized spacial score (nSPS) is 15.7. The maximum Gasteiger partial charge on any atom is 0.201 e. The lowest BCUT2D eigenvalue weighted by Gasteiger charge is -2.26. The number of benzene rings is 2. The van der Waals surface area contributed by atoms with Gasteiger partial charge in [-0.1, -0.05) is 24.6 Å². The van der Waals surface area contributed by atoms with Crippen molar-refractivity contribution in [2.75, 3.05) is 26.2 Å². The number of likely N-dealkylation sites (tertiary alicyclic amines) is 1. The van der Waals surface area contributed by atoms with Crippen molar-refractivity contribution in [1.82, 2.24) is 4.90 Å². The summed E-state index contributed by atoms with van der Waals surface area (Å²) in [5, 5.41) is 1.21. The van der Waals surface area contributed by atoms with Crippen LogP contribution in [0, 0.1) is 0 Å². The maximum atomic E-state index is 12.9. The zero-order valence-corrected chi connectivity index (χ0v) is 15.6. The van der Waals surface area contributed by atoms with Crippen molar-refractivity contribution in [3.8, 4) is 0 Å². The first-order chi connectivity index (χ1) is 12.8. The molecule has 1 aliphatic heterocycles. The Hall–Kier alpha value is -1.82. The van der Waals surface area contributed by atoms with Gasteiger partial charge in [0.05, 0.1) is 22.3 Å². The minimum atomic E-state index is 0.00173. The van der Waals surface area contributed by atoms with Crippen LogP contribution in [0.1, 0.15) is 25.7 Å². The van der Waals surface area contributed by atoms with Crippen LogP contribution < -0.4 is 5.43 Å². The Morgan fingerprint density at radius 2 is 1.81 bits per heavy atom. The van der Waals surface area contributed by atoms with E-state index in [0.29, 0.717) is 28.5 Å². The van der Waals surface area contributed by atoms with E-state index in [0.717, 1.165) is 17.9 Å². The highest BCUT2D eigenvalue weighted by Crippen LogP contribution is 2.28. The van der Waals surface area contributed by atoms with E-state index in [-0.39, 0.29) is 5.43 Å². The van der Waals surface area contributed by atoms with Crippen LogP contribution in [0.25, 0.3) is 21.9 Å². The molecule has 0 amide bonds. The molecule has 0 saturated carbocycles. The quantitative estimate of drug-likeness (QED) is 0.353. The molecule has 4 rings (SSSR count). The Kier molecular flexibility index (Phi) is 5.58. The third-order valence-corrected chi connectivity index (χ3v) is 5.67. The molecule has 0 bridgehead atoms. The Balaban J connectivity index is 1.44. The lowest BCUT2D eigenvalue weighted by Crippen LogP contribution is -2.30. The molecule has 3 aromatic rings. The summed E-state index contributed by atoms with van der Waals surface area (Å²) >= 11 is 1.28. The molecule has 0 aliphatic carbocycles. The van der Waals surface area contributed by atoms with Crippen molar-refractivity contribution in [3.05, 3.63) is 52.7 Å². The number of para-hydroxylation sites is 1. The Morgan fingerprint density at radius 1 is 1.00 bits per heavy atom. The monoisotopic (exact) mass is 369 g/mol. The van der Waals surface area contributed by atoms with Gasteiger partial charge in [0.15, 0.2) is 0 Å². The summed E-state index contributed by atoms with van der Waals surface area (Å²) in [5.74, 6) is 0. The van der Waals surface area contributed by atoms with E-state index in [4.69, 9.17) is 8.60 Å². The standard InChI is InChI=1S/C21H23NO3S/c23-21-16-8-2-3-9-17(16)25-18-10-6-11-19(20(18)21)26-24-15-7-14-22-12-4-1-5-13-22/h2-3,6,8-11H,1,4-5,7,12-15H2. The van der Waals surface area contributed by atoms with Crippen LogP contribution in [-0.4, -0.2) is 31.1 Å². The molecule has 0 spiro atoms. The molecule has 2 aromatic carbocycles. The minimum Gasteiger partial charge on any atom is -0.456 e. The second kappa shape index (κ2) is 8.25. The van der Waals surface area contributed by atoms with Crippen molar-refractivity contribution in [2.45, 2.75) is 30.6 Å². The molecule has 1 saturated heterocycles. The van der Waals surface area contributed by atoms with Crippen molar-refractivity contribution in [1.29, 1.82) is 0 Å². The molecule has 26 heavy (non-hydrogen) atoms. The van der Waals surface area contributed by atoms with Gasteiger partial charge in [-0.25, -0.2) is 0 Å². The summed E-state index contributed by atoms with van der Waals surface area (Å²) in [5.41, 5.74) is 1.23. The molecule has 2 heterocycles. The van der Waals surface area contributed by atoms with Gasteiger partial charge in [0.1, 0.15) is 11.2 Å². The number of fused-ring (bicyclic) bond motifs is 2. The average Bonchev–Trinajstić information content (AvgIpc) is 2.69. The molecule has 0 unspecified atom stereocenters. The summed E-state index contributed by atoms with van der Waals surface area (Å²) < 4.78 is 11.7. The van der Waals surface area contributed by atoms with Gasteiger partial charge in [0, 0.05) is 18.6 Å². The smallest absolute Gasteiger partial charge is 0.201 e. The Labute approximate surface area is 157 Å². The summed E-state index contributed by atoms with van der Waals surface area (Å²) in [6.45, 7) is 4.19. The first-order valence-electron chi connectivity index (χ1n) is 9.29. The summed E-state index contributed by atoms with van der Waals surface area (Å²) in [6.07, 6.45) is 5.00. The first-order valence-corrected chi connectivity index (χ1v) is 10.0. The second-order valence-corrected chi connectivity index (χ2v) is 7.56. The van der Waals surface area contributed by atoms with E-state index in [1.54, 1.807) is 0 Å². The summed E-state index contributed by atoms with van der Waals surface area (Å²) in [6, 6.07) is 13.0. The molecular formula is C21H23NO3S. The number of hydrogen-bond acceptors (Lipinski definition) is 5. The summed E-state index contributed by atoms with van der Waals surface area (Å²) in [7, 11) is 0. The van der Waals surface area contributed by atoms with Gasteiger partial charge >= 0.3 is 0 Å². The van der Waals surface area contributed by atoms with Crippen molar-refractivity contribution in [3.63, 3.8) is 0 Å². The number of piperidine rings is 1. The van der Waals surface area contributed by atoms with E-state index in [9.17, 15) is 4.79 Å². The number of nitrogens with zero attached hydrogens (tertiary/aromatic N) is 1.